The number of para-hydroxylation sites is 3. The number of hydrogen-bond donors (Lipinski definition) is 0. The topological polar surface area (TPSA) is 69.2 Å². The van der Waals surface area contributed by atoms with Gasteiger partial charge in [0.15, 0.2) is 0 Å². The van der Waals surface area contributed by atoms with Crippen LogP contribution in [-0.2, 0) is 39.7 Å². The molecular weight excluding hydrogens is 528 g/mol. The third-order valence-corrected chi connectivity index (χ3v) is 6.66. The second-order valence-corrected chi connectivity index (χ2v) is 9.96. The van der Waals surface area contributed by atoms with Crippen molar-refractivity contribution in [2.45, 2.75) is 51.9 Å². The molecular formula is C36H40O3Ti. The van der Waals surface area contributed by atoms with E-state index in [1.165, 1.54) is 25.7 Å². The molecule has 206 valence electrons. The molecule has 0 aromatic heterocycles. The van der Waals surface area contributed by atoms with Crippen LogP contribution < -0.4 is 15.3 Å². The van der Waals surface area contributed by atoms with Gasteiger partial charge in [-0.05, 0) is 19.3 Å². The Morgan fingerprint density at radius 1 is 0.675 bits per heavy atom. The summed E-state index contributed by atoms with van der Waals surface area (Å²) >= 11 is 2.24. The number of allylic oxidation sites excluding steroid dienone is 7. The molecule has 0 N–H and O–H groups in total. The molecule has 0 saturated carbocycles. The molecule has 0 atom stereocenters. The van der Waals surface area contributed by atoms with Crippen molar-refractivity contribution in [3.05, 3.63) is 149 Å². The fraction of sp³-hybridized carbons (Fsp3) is 0.222. The standard InChI is InChI=1S/3C9H10O.C9H13.Ti/c3*1-2-5-8-6-3-4-7-9(8)10;1-2-3-6-9-7-4-5-8-9;/h3*2-4,6-7,10H,1,5H2;4,7H,2-3,5-6H2,1H3;/q;;;;+3/p-3. The minimum absolute atomic E-state index is 0.0994. The van der Waals surface area contributed by atoms with E-state index >= 15 is 0 Å². The molecule has 40 heavy (non-hydrogen) atoms. The van der Waals surface area contributed by atoms with E-state index in [2.05, 4.69) is 59.2 Å². The van der Waals surface area contributed by atoms with E-state index in [1.54, 1.807) is 64.1 Å². The minimum atomic E-state index is 0.0994. The van der Waals surface area contributed by atoms with Gasteiger partial charge in [0.2, 0.25) is 0 Å². The molecule has 4 heteroatoms. The maximum atomic E-state index is 11.0. The van der Waals surface area contributed by atoms with Crippen LogP contribution in [0.15, 0.2) is 132 Å². The Bertz CT molecular complexity index is 1120. The molecule has 0 radical (unpaired) electrons. The first-order valence-corrected chi connectivity index (χ1v) is 14.3. The average molecular weight is 569 g/mol. The van der Waals surface area contributed by atoms with E-state index in [0.29, 0.717) is 19.3 Å². The van der Waals surface area contributed by atoms with Gasteiger partial charge in [-0.3, -0.25) is 0 Å². The molecule has 1 aliphatic carbocycles. The van der Waals surface area contributed by atoms with Crippen LogP contribution in [0.1, 0.15) is 49.3 Å². The van der Waals surface area contributed by atoms with Crippen molar-refractivity contribution in [3.63, 3.8) is 0 Å². The van der Waals surface area contributed by atoms with Crippen molar-refractivity contribution in [1.29, 1.82) is 0 Å². The van der Waals surface area contributed by atoms with E-state index in [9.17, 15) is 15.3 Å². The van der Waals surface area contributed by atoms with Crippen LogP contribution in [0.25, 0.3) is 0 Å². The molecule has 3 aromatic rings. The molecule has 1 aliphatic rings. The zero-order valence-corrected chi connectivity index (χ0v) is 25.2. The first-order chi connectivity index (χ1) is 19.4. The zero-order chi connectivity index (χ0) is 29.6. The summed E-state index contributed by atoms with van der Waals surface area (Å²) in [5.74, 6) is 0.298. The Morgan fingerprint density at radius 2 is 1.05 bits per heavy atom. The van der Waals surface area contributed by atoms with Gasteiger partial charge >= 0.3 is 74.6 Å². The van der Waals surface area contributed by atoms with Gasteiger partial charge in [0, 0.05) is 0 Å². The predicted octanol–water partition coefficient (Wildman–Crippen LogP) is 7.40. The fourth-order valence-corrected chi connectivity index (χ4v) is 4.15. The molecule has 0 spiro atoms. The number of hydrogen-bond acceptors (Lipinski definition) is 3. The Balaban J connectivity index is 0.000000267. The Labute approximate surface area is 253 Å². The van der Waals surface area contributed by atoms with Crippen LogP contribution >= 0.6 is 0 Å². The van der Waals surface area contributed by atoms with Crippen molar-refractivity contribution in [3.8, 4) is 17.2 Å². The average Bonchev–Trinajstić information content (AvgIpc) is 3.37. The summed E-state index contributed by atoms with van der Waals surface area (Å²) in [6.45, 7) is 12.9. The van der Waals surface area contributed by atoms with Crippen LogP contribution in [0.2, 0.25) is 0 Å². The predicted molar refractivity (Wildman–Crippen MR) is 160 cm³/mol. The molecule has 0 amide bonds. The SMILES string of the molecule is C=CCc1ccccc1[O-].C=CCc1ccccc1[O-].C=CCc1ccccc1[O-].CCCCC1=[C]([Ti+3])CC=C1. The van der Waals surface area contributed by atoms with Gasteiger partial charge in [-0.2, -0.15) is 0 Å². The third kappa shape index (κ3) is 14.0. The van der Waals surface area contributed by atoms with Crippen LogP contribution in [0, 0.1) is 0 Å². The van der Waals surface area contributed by atoms with Crippen LogP contribution in [-0.4, -0.2) is 0 Å². The number of rotatable bonds is 9. The molecule has 0 heterocycles. The second kappa shape index (κ2) is 21.3. The molecule has 0 saturated heterocycles. The third-order valence-electron chi connectivity index (χ3n) is 5.84. The van der Waals surface area contributed by atoms with E-state index < -0.39 is 0 Å². The van der Waals surface area contributed by atoms with E-state index in [1.807, 2.05) is 36.4 Å². The molecule has 3 nitrogen and oxygen atoms in total. The Hall–Kier alpha value is -3.53. The van der Waals surface area contributed by atoms with Crippen LogP contribution in [0.4, 0.5) is 0 Å². The first-order valence-electron chi connectivity index (χ1n) is 13.5. The molecule has 3 aromatic carbocycles. The second-order valence-electron chi connectivity index (χ2n) is 9.02. The maximum absolute atomic E-state index is 11.0. The Morgan fingerprint density at radius 3 is 1.32 bits per heavy atom. The van der Waals surface area contributed by atoms with Crippen molar-refractivity contribution in [1.82, 2.24) is 0 Å². The quantitative estimate of drug-likeness (QED) is 0.200. The first kappa shape index (κ1) is 34.5. The molecule has 0 unspecified atom stereocenters. The van der Waals surface area contributed by atoms with Crippen LogP contribution in [0.3, 0.4) is 0 Å². The van der Waals surface area contributed by atoms with E-state index in [-0.39, 0.29) is 17.2 Å². The van der Waals surface area contributed by atoms with Crippen molar-refractivity contribution < 1.29 is 35.8 Å². The number of unbranched alkanes of at least 4 members (excludes halogenated alkanes) is 1. The summed E-state index contributed by atoms with van der Waals surface area (Å²) in [5, 5.41) is 32.9. The van der Waals surface area contributed by atoms with Gasteiger partial charge in [-0.15, -0.1) is 37.0 Å². The van der Waals surface area contributed by atoms with Gasteiger partial charge in [-0.25, -0.2) is 0 Å². The van der Waals surface area contributed by atoms with Gasteiger partial charge in [0.25, 0.3) is 0 Å². The monoisotopic (exact) mass is 568 g/mol. The van der Waals surface area contributed by atoms with Gasteiger partial charge in [0.1, 0.15) is 0 Å². The summed E-state index contributed by atoms with van der Waals surface area (Å²) in [4.78, 5) is 0. The molecule has 4 rings (SSSR count). The molecule has 0 bridgehead atoms. The van der Waals surface area contributed by atoms with Crippen LogP contribution in [0.5, 0.6) is 17.2 Å². The van der Waals surface area contributed by atoms with Crippen molar-refractivity contribution in [2.24, 2.45) is 0 Å². The normalized spacial score (nSPS) is 11.2. The van der Waals surface area contributed by atoms with Crippen molar-refractivity contribution >= 4 is 0 Å². The molecule has 0 fully saturated rings. The summed E-state index contributed by atoms with van der Waals surface area (Å²) in [7, 11) is 0. The fourth-order valence-electron chi connectivity index (χ4n) is 3.64. The Kier molecular flexibility index (Phi) is 18.4. The van der Waals surface area contributed by atoms with Gasteiger partial charge in [0.05, 0.1) is 0 Å². The summed E-state index contributed by atoms with van der Waals surface area (Å²) < 4.78 is 1.58. The molecule has 0 aliphatic heterocycles. The zero-order valence-electron chi connectivity index (χ0n) is 23.6. The summed E-state index contributed by atoms with van der Waals surface area (Å²) in [6.07, 6.45) is 16.9. The van der Waals surface area contributed by atoms with Gasteiger partial charge in [-0.1, -0.05) is 108 Å². The number of benzene rings is 3. The van der Waals surface area contributed by atoms with Crippen molar-refractivity contribution in [2.75, 3.05) is 0 Å². The van der Waals surface area contributed by atoms with Gasteiger partial charge < -0.3 is 15.3 Å². The van der Waals surface area contributed by atoms with E-state index in [0.717, 1.165) is 16.7 Å². The van der Waals surface area contributed by atoms with E-state index in [4.69, 9.17) is 0 Å². The summed E-state index contributed by atoms with van der Waals surface area (Å²) in [5.41, 5.74) is 4.04. The summed E-state index contributed by atoms with van der Waals surface area (Å²) in [6, 6.07) is 21.0.